The maximum atomic E-state index is 6.83. The summed E-state index contributed by atoms with van der Waals surface area (Å²) in [5.41, 5.74) is 7.87. The SMILES string of the molecule is CC1(C)CCCCC1(N)c1ccc2c(c1)OCCCO2. The molecule has 1 unspecified atom stereocenters. The van der Waals surface area contributed by atoms with Crippen LogP contribution in [0.25, 0.3) is 0 Å². The van der Waals surface area contributed by atoms with Crippen molar-refractivity contribution in [3.63, 3.8) is 0 Å². The monoisotopic (exact) mass is 275 g/mol. The largest absolute Gasteiger partial charge is 0.490 e. The van der Waals surface area contributed by atoms with Crippen LogP contribution in [0.3, 0.4) is 0 Å². The minimum absolute atomic E-state index is 0.116. The number of hydrogen-bond acceptors (Lipinski definition) is 3. The highest BCUT2D eigenvalue weighted by atomic mass is 16.5. The molecule has 0 aromatic heterocycles. The van der Waals surface area contributed by atoms with Crippen LogP contribution in [0.15, 0.2) is 18.2 Å². The smallest absolute Gasteiger partial charge is 0.161 e. The first-order chi connectivity index (χ1) is 9.53. The van der Waals surface area contributed by atoms with Gasteiger partial charge >= 0.3 is 0 Å². The zero-order valence-corrected chi connectivity index (χ0v) is 12.6. The van der Waals surface area contributed by atoms with Crippen molar-refractivity contribution in [2.45, 2.75) is 51.5 Å². The third-order valence-electron chi connectivity index (χ3n) is 5.09. The Hall–Kier alpha value is -1.22. The Morgan fingerprint density at radius 2 is 1.65 bits per heavy atom. The summed E-state index contributed by atoms with van der Waals surface area (Å²) in [4.78, 5) is 0. The van der Waals surface area contributed by atoms with E-state index in [1.54, 1.807) is 0 Å². The van der Waals surface area contributed by atoms with E-state index in [2.05, 4.69) is 26.0 Å². The topological polar surface area (TPSA) is 44.5 Å². The molecule has 0 amide bonds. The summed E-state index contributed by atoms with van der Waals surface area (Å²) in [6.07, 6.45) is 5.63. The first-order valence-electron chi connectivity index (χ1n) is 7.72. The Morgan fingerprint density at radius 1 is 0.950 bits per heavy atom. The number of ether oxygens (including phenoxy) is 2. The van der Waals surface area contributed by atoms with Gasteiger partial charge in [0.15, 0.2) is 11.5 Å². The molecule has 3 heteroatoms. The van der Waals surface area contributed by atoms with Crippen molar-refractivity contribution in [2.75, 3.05) is 13.2 Å². The lowest BCUT2D eigenvalue weighted by atomic mass is 9.61. The number of hydrogen-bond donors (Lipinski definition) is 1. The van der Waals surface area contributed by atoms with Crippen molar-refractivity contribution in [1.82, 2.24) is 0 Å². The van der Waals surface area contributed by atoms with Crippen molar-refractivity contribution in [3.05, 3.63) is 23.8 Å². The van der Waals surface area contributed by atoms with Gasteiger partial charge in [0.2, 0.25) is 0 Å². The van der Waals surface area contributed by atoms with E-state index in [0.29, 0.717) is 0 Å². The van der Waals surface area contributed by atoms with Gasteiger partial charge in [0.05, 0.1) is 13.2 Å². The summed E-state index contributed by atoms with van der Waals surface area (Å²) >= 11 is 0. The van der Waals surface area contributed by atoms with Crippen LogP contribution in [0, 0.1) is 5.41 Å². The summed E-state index contributed by atoms with van der Waals surface area (Å²) < 4.78 is 11.5. The van der Waals surface area contributed by atoms with Crippen molar-refractivity contribution in [2.24, 2.45) is 11.1 Å². The predicted molar refractivity (Wildman–Crippen MR) is 80.2 cm³/mol. The van der Waals surface area contributed by atoms with Crippen molar-refractivity contribution in [3.8, 4) is 11.5 Å². The lowest BCUT2D eigenvalue weighted by Crippen LogP contribution is -2.51. The van der Waals surface area contributed by atoms with Crippen molar-refractivity contribution >= 4 is 0 Å². The minimum atomic E-state index is -0.268. The van der Waals surface area contributed by atoms with Gasteiger partial charge in [-0.25, -0.2) is 0 Å². The Morgan fingerprint density at radius 3 is 2.40 bits per heavy atom. The molecule has 0 radical (unpaired) electrons. The molecule has 1 saturated carbocycles. The van der Waals surface area contributed by atoms with Crippen molar-refractivity contribution < 1.29 is 9.47 Å². The molecule has 1 aromatic rings. The van der Waals surface area contributed by atoms with Crippen LogP contribution in [0.2, 0.25) is 0 Å². The quantitative estimate of drug-likeness (QED) is 0.851. The molecule has 1 aliphatic carbocycles. The fraction of sp³-hybridized carbons (Fsp3) is 0.647. The summed E-state index contributed by atoms with van der Waals surface area (Å²) in [6.45, 7) is 6.02. The molecule has 3 nitrogen and oxygen atoms in total. The van der Waals surface area contributed by atoms with Gasteiger partial charge in [-0.3, -0.25) is 0 Å². The fourth-order valence-electron chi connectivity index (χ4n) is 3.51. The Balaban J connectivity index is 1.99. The molecule has 0 saturated heterocycles. The normalized spacial score (nSPS) is 28.8. The summed E-state index contributed by atoms with van der Waals surface area (Å²) in [5.74, 6) is 1.70. The number of benzene rings is 1. The Bertz CT molecular complexity index is 498. The molecule has 0 bridgehead atoms. The molecule has 2 N–H and O–H groups in total. The van der Waals surface area contributed by atoms with E-state index < -0.39 is 0 Å². The number of nitrogens with two attached hydrogens (primary N) is 1. The van der Waals surface area contributed by atoms with Gasteiger partial charge in [-0.15, -0.1) is 0 Å². The van der Waals surface area contributed by atoms with E-state index in [1.165, 1.54) is 24.8 Å². The molecule has 1 heterocycles. The Kier molecular flexibility index (Phi) is 3.41. The van der Waals surface area contributed by atoms with Gasteiger partial charge in [-0.1, -0.05) is 32.8 Å². The molecule has 1 fully saturated rings. The molecule has 1 atom stereocenters. The highest BCUT2D eigenvalue weighted by molar-refractivity contribution is 5.46. The minimum Gasteiger partial charge on any atom is -0.490 e. The second-order valence-corrected chi connectivity index (χ2v) is 6.77. The third-order valence-corrected chi connectivity index (χ3v) is 5.09. The van der Waals surface area contributed by atoms with E-state index in [0.717, 1.165) is 37.6 Å². The first kappa shape index (κ1) is 13.7. The van der Waals surface area contributed by atoms with Gasteiger partial charge in [-0.2, -0.15) is 0 Å². The average molecular weight is 275 g/mol. The number of fused-ring (bicyclic) bond motifs is 1. The zero-order valence-electron chi connectivity index (χ0n) is 12.6. The zero-order chi connectivity index (χ0) is 14.2. The third kappa shape index (κ3) is 2.18. The lowest BCUT2D eigenvalue weighted by molar-refractivity contribution is 0.0975. The second kappa shape index (κ2) is 4.96. The Labute approximate surface area is 121 Å². The molecule has 110 valence electrons. The molecule has 2 aliphatic rings. The molecule has 1 aromatic carbocycles. The fourth-order valence-corrected chi connectivity index (χ4v) is 3.51. The van der Waals surface area contributed by atoms with E-state index >= 15 is 0 Å². The molecular formula is C17H25NO2. The van der Waals surface area contributed by atoms with Gasteiger partial charge < -0.3 is 15.2 Å². The molecule has 20 heavy (non-hydrogen) atoms. The highest BCUT2D eigenvalue weighted by Gasteiger charge is 2.45. The molecule has 3 rings (SSSR count). The van der Waals surface area contributed by atoms with Gasteiger partial charge in [0, 0.05) is 12.0 Å². The van der Waals surface area contributed by atoms with Gasteiger partial charge in [-0.05, 0) is 36.0 Å². The summed E-state index contributed by atoms with van der Waals surface area (Å²) in [7, 11) is 0. The lowest BCUT2D eigenvalue weighted by Gasteiger charge is -2.48. The van der Waals surface area contributed by atoms with Crippen molar-refractivity contribution in [1.29, 1.82) is 0 Å². The maximum Gasteiger partial charge on any atom is 0.161 e. The van der Waals surface area contributed by atoms with Gasteiger partial charge in [0.1, 0.15) is 0 Å². The van der Waals surface area contributed by atoms with Gasteiger partial charge in [0.25, 0.3) is 0 Å². The summed E-state index contributed by atoms with van der Waals surface area (Å²) in [5, 5.41) is 0. The van der Waals surface area contributed by atoms with Crippen LogP contribution in [0.1, 0.15) is 51.5 Å². The predicted octanol–water partition coefficient (Wildman–Crippen LogP) is 3.60. The van der Waals surface area contributed by atoms with Crippen LogP contribution >= 0.6 is 0 Å². The average Bonchev–Trinajstić information content (AvgIpc) is 2.66. The standard InChI is InChI=1S/C17H25NO2/c1-16(2)8-3-4-9-17(16,18)13-6-7-14-15(12-13)20-11-5-10-19-14/h6-7,12H,3-5,8-11,18H2,1-2H3. The van der Waals surface area contributed by atoms with E-state index in [1.807, 2.05) is 6.07 Å². The number of rotatable bonds is 1. The first-order valence-corrected chi connectivity index (χ1v) is 7.72. The van der Waals surface area contributed by atoms with E-state index in [9.17, 15) is 0 Å². The highest BCUT2D eigenvalue weighted by Crippen LogP contribution is 2.49. The molecular weight excluding hydrogens is 250 g/mol. The van der Waals surface area contributed by atoms with Crippen LogP contribution in [-0.4, -0.2) is 13.2 Å². The van der Waals surface area contributed by atoms with Crippen LogP contribution in [0.4, 0.5) is 0 Å². The molecule has 1 aliphatic heterocycles. The van der Waals surface area contributed by atoms with Crippen LogP contribution < -0.4 is 15.2 Å². The maximum absolute atomic E-state index is 6.83. The van der Waals surface area contributed by atoms with E-state index in [4.69, 9.17) is 15.2 Å². The second-order valence-electron chi connectivity index (χ2n) is 6.77. The van der Waals surface area contributed by atoms with Crippen LogP contribution in [0.5, 0.6) is 11.5 Å². The summed E-state index contributed by atoms with van der Waals surface area (Å²) in [6, 6.07) is 6.25. The van der Waals surface area contributed by atoms with E-state index in [-0.39, 0.29) is 11.0 Å². The van der Waals surface area contributed by atoms with Crippen LogP contribution in [-0.2, 0) is 5.54 Å². The molecule has 0 spiro atoms.